The molecule has 0 aliphatic heterocycles. The fourth-order valence-corrected chi connectivity index (χ4v) is 1.63. The predicted octanol–water partition coefficient (Wildman–Crippen LogP) is 1.65. The summed E-state index contributed by atoms with van der Waals surface area (Å²) in [5.74, 6) is -1.09. The van der Waals surface area contributed by atoms with Crippen molar-refractivity contribution in [3.8, 4) is 0 Å². The number of carbonyl (C=O) groups excluding carboxylic acids is 1. The van der Waals surface area contributed by atoms with Crippen LogP contribution in [-0.4, -0.2) is 75.5 Å². The Labute approximate surface area is 149 Å². The number of esters is 1. The summed E-state index contributed by atoms with van der Waals surface area (Å²) in [5, 5.41) is 8.41. The lowest BCUT2D eigenvalue weighted by Crippen LogP contribution is -2.23. The molecule has 0 aromatic rings. The van der Waals surface area contributed by atoms with E-state index >= 15 is 0 Å². The van der Waals surface area contributed by atoms with Gasteiger partial charge in [-0.3, -0.25) is 9.59 Å². The highest BCUT2D eigenvalue weighted by atomic mass is 16.6. The van der Waals surface area contributed by atoms with Gasteiger partial charge in [0.05, 0.1) is 52.7 Å². The summed E-state index contributed by atoms with van der Waals surface area (Å²) in [6.45, 7) is 8.82. The molecule has 0 saturated heterocycles. The minimum Gasteiger partial charge on any atom is -0.481 e. The van der Waals surface area contributed by atoms with Gasteiger partial charge in [-0.25, -0.2) is 0 Å². The summed E-state index contributed by atoms with van der Waals surface area (Å²) in [4.78, 5) is 21.7. The van der Waals surface area contributed by atoms with E-state index in [1.807, 2.05) is 20.8 Å². The summed E-state index contributed by atoms with van der Waals surface area (Å²) in [6.07, 6.45) is 0.974. The van der Waals surface area contributed by atoms with Crippen LogP contribution in [0.2, 0.25) is 0 Å². The molecule has 0 bridgehead atoms. The molecule has 0 aliphatic rings. The zero-order valence-electron chi connectivity index (χ0n) is 15.6. The van der Waals surface area contributed by atoms with Gasteiger partial charge < -0.3 is 28.8 Å². The van der Waals surface area contributed by atoms with E-state index in [-0.39, 0.29) is 19.0 Å². The largest absolute Gasteiger partial charge is 0.481 e. The molecule has 8 nitrogen and oxygen atoms in total. The maximum absolute atomic E-state index is 11.5. The molecule has 0 saturated carbocycles. The molecule has 0 radical (unpaired) electrons. The van der Waals surface area contributed by atoms with E-state index < -0.39 is 11.6 Å². The van der Waals surface area contributed by atoms with Crippen molar-refractivity contribution in [3.05, 3.63) is 0 Å². The van der Waals surface area contributed by atoms with E-state index in [1.165, 1.54) is 0 Å². The van der Waals surface area contributed by atoms with Gasteiger partial charge in [0.25, 0.3) is 0 Å². The zero-order chi connectivity index (χ0) is 19.0. The minimum absolute atomic E-state index is 0.000878. The number of ether oxygens (including phenoxy) is 5. The first-order valence-corrected chi connectivity index (χ1v) is 8.56. The highest BCUT2D eigenvalue weighted by Crippen LogP contribution is 2.08. The summed E-state index contributed by atoms with van der Waals surface area (Å²) >= 11 is 0. The van der Waals surface area contributed by atoms with Crippen molar-refractivity contribution in [2.45, 2.75) is 45.6 Å². The molecular formula is C17H32O8. The van der Waals surface area contributed by atoms with Crippen LogP contribution in [0.5, 0.6) is 0 Å². The van der Waals surface area contributed by atoms with Gasteiger partial charge in [-0.05, 0) is 27.2 Å². The molecular weight excluding hydrogens is 332 g/mol. The van der Waals surface area contributed by atoms with Crippen molar-refractivity contribution in [2.75, 3.05) is 52.9 Å². The first-order valence-electron chi connectivity index (χ1n) is 8.56. The van der Waals surface area contributed by atoms with Crippen molar-refractivity contribution < 1.29 is 38.4 Å². The number of aliphatic carboxylic acids is 1. The average molecular weight is 364 g/mol. The second-order valence-electron chi connectivity index (χ2n) is 6.28. The van der Waals surface area contributed by atoms with Crippen LogP contribution in [-0.2, 0) is 33.3 Å². The second kappa shape index (κ2) is 15.1. The zero-order valence-corrected chi connectivity index (χ0v) is 15.6. The first-order chi connectivity index (χ1) is 11.8. The lowest BCUT2D eigenvalue weighted by Gasteiger charge is -2.19. The van der Waals surface area contributed by atoms with Gasteiger partial charge in [-0.15, -0.1) is 0 Å². The Morgan fingerprint density at radius 1 is 0.720 bits per heavy atom. The third-order valence-electron chi connectivity index (χ3n) is 2.67. The second-order valence-corrected chi connectivity index (χ2v) is 6.28. The maximum Gasteiger partial charge on any atom is 0.306 e. The van der Waals surface area contributed by atoms with Crippen LogP contribution in [0.25, 0.3) is 0 Å². The van der Waals surface area contributed by atoms with E-state index in [0.29, 0.717) is 59.1 Å². The Balaban J connectivity index is 3.17. The first kappa shape index (κ1) is 23.8. The fourth-order valence-electron chi connectivity index (χ4n) is 1.63. The topological polar surface area (TPSA) is 101 Å². The van der Waals surface area contributed by atoms with Crippen LogP contribution in [0.4, 0.5) is 0 Å². The van der Waals surface area contributed by atoms with E-state index in [2.05, 4.69) is 0 Å². The Morgan fingerprint density at radius 3 is 1.60 bits per heavy atom. The van der Waals surface area contributed by atoms with Crippen LogP contribution < -0.4 is 0 Å². The Kier molecular flexibility index (Phi) is 14.3. The standard InChI is InChI=1S/C17H32O8/c1-17(2,3)25-16(20)5-4-7-21-9-11-23-13-14-24-12-10-22-8-6-15(18)19/h4-14H2,1-3H3,(H,18,19). The van der Waals surface area contributed by atoms with Crippen LogP contribution in [0.15, 0.2) is 0 Å². The Morgan fingerprint density at radius 2 is 1.16 bits per heavy atom. The van der Waals surface area contributed by atoms with Gasteiger partial charge in [0.1, 0.15) is 5.60 Å². The van der Waals surface area contributed by atoms with Crippen molar-refractivity contribution in [3.63, 3.8) is 0 Å². The molecule has 0 heterocycles. The number of hydrogen-bond acceptors (Lipinski definition) is 7. The molecule has 1 N–H and O–H groups in total. The molecule has 0 aromatic heterocycles. The van der Waals surface area contributed by atoms with Gasteiger partial charge in [-0.2, -0.15) is 0 Å². The molecule has 8 heteroatoms. The van der Waals surface area contributed by atoms with Crippen molar-refractivity contribution in [1.29, 1.82) is 0 Å². The van der Waals surface area contributed by atoms with Crippen molar-refractivity contribution in [2.24, 2.45) is 0 Å². The molecule has 0 atom stereocenters. The van der Waals surface area contributed by atoms with Gasteiger partial charge in [0.2, 0.25) is 0 Å². The number of hydrogen-bond donors (Lipinski definition) is 1. The van der Waals surface area contributed by atoms with E-state index in [9.17, 15) is 9.59 Å². The molecule has 25 heavy (non-hydrogen) atoms. The van der Waals surface area contributed by atoms with Gasteiger partial charge in [-0.1, -0.05) is 0 Å². The molecule has 0 aromatic carbocycles. The highest BCUT2D eigenvalue weighted by molar-refractivity contribution is 5.69. The maximum atomic E-state index is 11.5. The van der Waals surface area contributed by atoms with Crippen LogP contribution in [0.1, 0.15) is 40.0 Å². The molecule has 0 rings (SSSR count). The Hall–Kier alpha value is -1.22. The van der Waals surface area contributed by atoms with E-state index in [0.717, 1.165) is 0 Å². The van der Waals surface area contributed by atoms with E-state index in [4.69, 9.17) is 28.8 Å². The SMILES string of the molecule is CC(C)(C)OC(=O)CCCOCCOCCOCCOCCC(=O)O. The van der Waals surface area contributed by atoms with Gasteiger partial charge in [0, 0.05) is 13.0 Å². The van der Waals surface area contributed by atoms with Crippen LogP contribution in [0, 0.1) is 0 Å². The molecule has 0 spiro atoms. The third kappa shape index (κ3) is 20.7. The summed E-state index contributed by atoms with van der Waals surface area (Å²) in [5.41, 5.74) is -0.446. The lowest BCUT2D eigenvalue weighted by atomic mass is 10.2. The number of carbonyl (C=O) groups is 2. The summed E-state index contributed by atoms with van der Waals surface area (Å²) in [7, 11) is 0. The van der Waals surface area contributed by atoms with Crippen molar-refractivity contribution in [1.82, 2.24) is 0 Å². The summed E-state index contributed by atoms with van der Waals surface area (Å²) < 4.78 is 26.2. The van der Waals surface area contributed by atoms with Gasteiger partial charge in [0.15, 0.2) is 0 Å². The van der Waals surface area contributed by atoms with Gasteiger partial charge >= 0.3 is 11.9 Å². The average Bonchev–Trinajstić information content (AvgIpc) is 2.49. The smallest absolute Gasteiger partial charge is 0.306 e. The minimum atomic E-state index is -0.874. The number of carboxylic acid groups (broad SMARTS) is 1. The molecule has 0 unspecified atom stereocenters. The van der Waals surface area contributed by atoms with Crippen LogP contribution in [0.3, 0.4) is 0 Å². The Bertz CT molecular complexity index is 351. The normalized spacial score (nSPS) is 11.5. The fraction of sp³-hybridized carbons (Fsp3) is 0.882. The number of carboxylic acids is 1. The third-order valence-corrected chi connectivity index (χ3v) is 2.67. The lowest BCUT2D eigenvalue weighted by molar-refractivity contribution is -0.155. The molecule has 0 fully saturated rings. The quantitative estimate of drug-likeness (QED) is 0.326. The molecule has 148 valence electrons. The molecule has 0 aliphatic carbocycles. The number of rotatable bonds is 16. The van der Waals surface area contributed by atoms with Crippen molar-refractivity contribution >= 4 is 11.9 Å². The summed E-state index contributed by atoms with van der Waals surface area (Å²) in [6, 6.07) is 0. The monoisotopic (exact) mass is 364 g/mol. The highest BCUT2D eigenvalue weighted by Gasteiger charge is 2.15. The van der Waals surface area contributed by atoms with Crippen LogP contribution >= 0.6 is 0 Å². The van der Waals surface area contributed by atoms with E-state index in [1.54, 1.807) is 0 Å². The molecule has 0 amide bonds. The predicted molar refractivity (Wildman–Crippen MR) is 90.6 cm³/mol.